The van der Waals surface area contributed by atoms with E-state index in [4.69, 9.17) is 9.97 Å². The maximum atomic E-state index is 5.28. The average molecular weight is 428 g/mol. The Morgan fingerprint density at radius 2 is 1.47 bits per heavy atom. The third-order valence-corrected chi connectivity index (χ3v) is 7.41. The molecule has 0 radical (unpaired) electrons. The molecule has 3 unspecified atom stereocenters. The van der Waals surface area contributed by atoms with Crippen LogP contribution in [0.25, 0.3) is 11.4 Å². The van der Waals surface area contributed by atoms with Crippen LogP contribution in [0.5, 0.6) is 0 Å². The second-order valence-corrected chi connectivity index (χ2v) is 10.1. The van der Waals surface area contributed by atoms with Gasteiger partial charge in [0.15, 0.2) is 5.82 Å². The van der Waals surface area contributed by atoms with Crippen LogP contribution >= 0.6 is 0 Å². The number of aryl methyl sites for hydroxylation is 1. The molecule has 0 saturated carbocycles. The summed E-state index contributed by atoms with van der Waals surface area (Å²) < 4.78 is 0. The minimum absolute atomic E-state index is 0.353. The number of anilines is 2. The lowest BCUT2D eigenvalue weighted by atomic mass is 9.79. The minimum Gasteiger partial charge on any atom is -0.323 e. The van der Waals surface area contributed by atoms with Crippen molar-refractivity contribution in [2.24, 2.45) is 5.92 Å². The molecule has 0 amide bonds. The van der Waals surface area contributed by atoms with E-state index in [2.05, 4.69) is 103 Å². The number of benzene rings is 2. The van der Waals surface area contributed by atoms with Gasteiger partial charge in [0.1, 0.15) is 5.82 Å². The molecule has 3 heteroatoms. The molecule has 0 spiro atoms. The van der Waals surface area contributed by atoms with Crippen LogP contribution in [0, 0.1) is 12.8 Å². The van der Waals surface area contributed by atoms with Gasteiger partial charge in [0, 0.05) is 29.1 Å². The van der Waals surface area contributed by atoms with E-state index in [0.717, 1.165) is 17.2 Å². The summed E-state index contributed by atoms with van der Waals surface area (Å²) in [5.41, 5.74) is 7.64. The van der Waals surface area contributed by atoms with Gasteiger partial charge in [-0.1, -0.05) is 77.9 Å². The van der Waals surface area contributed by atoms with E-state index >= 15 is 0 Å². The quantitative estimate of drug-likeness (QED) is 0.422. The van der Waals surface area contributed by atoms with Crippen molar-refractivity contribution in [3.63, 3.8) is 0 Å². The highest BCUT2D eigenvalue weighted by atomic mass is 15.2. The summed E-state index contributed by atoms with van der Waals surface area (Å²) in [6.45, 7) is 18.2. The summed E-state index contributed by atoms with van der Waals surface area (Å²) in [5, 5.41) is 0. The van der Waals surface area contributed by atoms with Gasteiger partial charge in [-0.2, -0.15) is 0 Å². The highest BCUT2D eigenvalue weighted by Crippen LogP contribution is 2.46. The molecule has 3 nitrogen and oxygen atoms in total. The fourth-order valence-corrected chi connectivity index (χ4v) is 5.16. The van der Waals surface area contributed by atoms with Crippen LogP contribution in [-0.4, -0.2) is 16.0 Å². The first-order chi connectivity index (χ1) is 15.2. The number of aromatic nitrogens is 2. The first-order valence-corrected chi connectivity index (χ1v) is 12.1. The summed E-state index contributed by atoms with van der Waals surface area (Å²) >= 11 is 0. The first-order valence-electron chi connectivity index (χ1n) is 12.1. The van der Waals surface area contributed by atoms with Crippen molar-refractivity contribution < 1.29 is 0 Å². The Kier molecular flexibility index (Phi) is 6.11. The van der Waals surface area contributed by atoms with Gasteiger partial charge in [0.25, 0.3) is 0 Å². The lowest BCUT2D eigenvalue weighted by molar-refractivity contribution is 0.391. The molecule has 1 aromatic heterocycles. The third-order valence-electron chi connectivity index (χ3n) is 7.41. The molecule has 0 bridgehead atoms. The minimum atomic E-state index is 0.353. The fraction of sp³-hybridized carbons (Fsp3) is 0.448. The van der Waals surface area contributed by atoms with Crippen molar-refractivity contribution in [3.05, 3.63) is 70.9 Å². The zero-order chi connectivity index (χ0) is 23.2. The topological polar surface area (TPSA) is 29.0 Å². The van der Waals surface area contributed by atoms with E-state index in [-0.39, 0.29) is 0 Å². The molecular formula is C29H37N3. The van der Waals surface area contributed by atoms with E-state index in [0.29, 0.717) is 29.7 Å². The predicted molar refractivity (Wildman–Crippen MR) is 136 cm³/mol. The Morgan fingerprint density at radius 1 is 0.844 bits per heavy atom. The van der Waals surface area contributed by atoms with Gasteiger partial charge < -0.3 is 4.90 Å². The number of para-hydroxylation sites is 1. The number of fused-ring (bicyclic) bond motifs is 1. The van der Waals surface area contributed by atoms with Crippen LogP contribution in [0.4, 0.5) is 11.5 Å². The first kappa shape index (κ1) is 22.5. The largest absolute Gasteiger partial charge is 0.323 e. The second kappa shape index (κ2) is 8.69. The standard InChI is InChI=1S/C29H37N3/c1-17(2)23-13-11-14-24(18(3)4)27(23)28-30-16-19(5)29(31-28)32-22(8)20(6)21(7)25-12-9-10-15-26(25)32/h9-18,20-22H,1-8H3. The van der Waals surface area contributed by atoms with Gasteiger partial charge in [-0.05, 0) is 60.3 Å². The molecule has 2 heterocycles. The van der Waals surface area contributed by atoms with E-state index in [1.54, 1.807) is 0 Å². The average Bonchev–Trinajstić information content (AvgIpc) is 2.78. The number of nitrogens with zero attached hydrogens (tertiary/aromatic N) is 3. The molecule has 32 heavy (non-hydrogen) atoms. The van der Waals surface area contributed by atoms with E-state index in [1.165, 1.54) is 27.9 Å². The van der Waals surface area contributed by atoms with E-state index < -0.39 is 0 Å². The van der Waals surface area contributed by atoms with Crippen molar-refractivity contribution in [3.8, 4) is 11.4 Å². The maximum absolute atomic E-state index is 5.28. The lowest BCUT2D eigenvalue weighted by Gasteiger charge is -2.44. The van der Waals surface area contributed by atoms with Gasteiger partial charge in [-0.25, -0.2) is 9.97 Å². The molecule has 0 saturated heterocycles. The number of hydrogen-bond acceptors (Lipinski definition) is 3. The van der Waals surface area contributed by atoms with Gasteiger partial charge in [0.2, 0.25) is 0 Å². The summed E-state index contributed by atoms with van der Waals surface area (Å²) in [6, 6.07) is 15.8. The van der Waals surface area contributed by atoms with Crippen molar-refractivity contribution in [2.75, 3.05) is 4.90 Å². The highest BCUT2D eigenvalue weighted by Gasteiger charge is 2.36. The zero-order valence-corrected chi connectivity index (χ0v) is 20.8. The Bertz CT molecular complexity index is 1090. The fourth-order valence-electron chi connectivity index (χ4n) is 5.16. The molecule has 0 aliphatic carbocycles. The van der Waals surface area contributed by atoms with Crippen molar-refractivity contribution >= 4 is 11.5 Å². The molecule has 168 valence electrons. The van der Waals surface area contributed by atoms with Crippen molar-refractivity contribution in [1.29, 1.82) is 0 Å². The molecule has 3 atom stereocenters. The Hall–Kier alpha value is -2.68. The summed E-state index contributed by atoms with van der Waals surface area (Å²) in [7, 11) is 0. The number of rotatable bonds is 4. The van der Waals surface area contributed by atoms with Crippen LogP contribution in [0.2, 0.25) is 0 Å². The molecular weight excluding hydrogens is 390 g/mol. The second-order valence-electron chi connectivity index (χ2n) is 10.1. The van der Waals surface area contributed by atoms with Gasteiger partial charge >= 0.3 is 0 Å². The zero-order valence-electron chi connectivity index (χ0n) is 20.8. The van der Waals surface area contributed by atoms with Crippen LogP contribution in [0.3, 0.4) is 0 Å². The lowest BCUT2D eigenvalue weighted by Crippen LogP contribution is -2.41. The summed E-state index contributed by atoms with van der Waals surface area (Å²) in [6.07, 6.45) is 2.01. The molecule has 3 aromatic rings. The molecule has 4 rings (SSSR count). The molecule has 0 fully saturated rings. The molecule has 1 aliphatic rings. The molecule has 0 N–H and O–H groups in total. The van der Waals surface area contributed by atoms with E-state index in [1.807, 2.05) is 6.20 Å². The van der Waals surface area contributed by atoms with Gasteiger partial charge in [-0.15, -0.1) is 0 Å². The van der Waals surface area contributed by atoms with Crippen LogP contribution in [-0.2, 0) is 0 Å². The van der Waals surface area contributed by atoms with Crippen LogP contribution < -0.4 is 4.90 Å². The van der Waals surface area contributed by atoms with Crippen LogP contribution in [0.15, 0.2) is 48.7 Å². The van der Waals surface area contributed by atoms with Crippen molar-refractivity contribution in [1.82, 2.24) is 9.97 Å². The van der Waals surface area contributed by atoms with Gasteiger partial charge in [0.05, 0.1) is 0 Å². The number of hydrogen-bond donors (Lipinski definition) is 0. The molecule has 2 aromatic carbocycles. The van der Waals surface area contributed by atoms with Gasteiger partial charge in [-0.3, -0.25) is 0 Å². The molecule has 1 aliphatic heterocycles. The monoisotopic (exact) mass is 427 g/mol. The smallest absolute Gasteiger partial charge is 0.162 e. The SMILES string of the molecule is Cc1cnc(-c2c(C(C)C)cccc2C(C)C)nc1N1c2ccccc2C(C)C(C)C1C. The van der Waals surface area contributed by atoms with Crippen molar-refractivity contribution in [2.45, 2.75) is 79.2 Å². The Balaban J connectivity index is 1.94. The van der Waals surface area contributed by atoms with Crippen LogP contribution in [0.1, 0.15) is 88.5 Å². The predicted octanol–water partition coefficient (Wildman–Crippen LogP) is 7.98. The highest BCUT2D eigenvalue weighted by molar-refractivity contribution is 5.73. The van der Waals surface area contributed by atoms with E-state index in [9.17, 15) is 0 Å². The Morgan fingerprint density at radius 3 is 2.09 bits per heavy atom. The maximum Gasteiger partial charge on any atom is 0.162 e. The third kappa shape index (κ3) is 3.72. The summed E-state index contributed by atoms with van der Waals surface area (Å²) in [4.78, 5) is 12.6. The normalized spacial score (nSPS) is 20.7. The Labute approximate surface area is 193 Å². The summed E-state index contributed by atoms with van der Waals surface area (Å²) in [5.74, 6) is 3.74.